The van der Waals surface area contributed by atoms with E-state index in [0.717, 1.165) is 14.5 Å². The second-order valence-corrected chi connectivity index (χ2v) is 3.47. The average molecular weight is 264 g/mol. The van der Waals surface area contributed by atoms with Gasteiger partial charge in [-0.25, -0.2) is 0 Å². The Labute approximate surface area is 76.9 Å². The zero-order valence-corrected chi connectivity index (χ0v) is 8.37. The van der Waals surface area contributed by atoms with Crippen LogP contribution in [0.15, 0.2) is 21.1 Å². The van der Waals surface area contributed by atoms with Gasteiger partial charge in [0, 0.05) is 15.5 Å². The SMILES string of the molecule is NCc1[c]ccc(Br)c1Br. The summed E-state index contributed by atoms with van der Waals surface area (Å²) >= 11 is 6.75. The second-order valence-electron chi connectivity index (χ2n) is 1.82. The number of rotatable bonds is 1. The quantitative estimate of drug-likeness (QED) is 0.828. The minimum Gasteiger partial charge on any atom is -0.326 e. The summed E-state index contributed by atoms with van der Waals surface area (Å²) in [4.78, 5) is 0. The molecule has 0 bridgehead atoms. The van der Waals surface area contributed by atoms with Crippen LogP contribution in [0.3, 0.4) is 0 Å². The van der Waals surface area contributed by atoms with E-state index in [4.69, 9.17) is 5.73 Å². The molecule has 1 radical (unpaired) electrons. The van der Waals surface area contributed by atoms with Gasteiger partial charge in [-0.2, -0.15) is 0 Å². The van der Waals surface area contributed by atoms with Gasteiger partial charge in [-0.3, -0.25) is 0 Å². The summed E-state index contributed by atoms with van der Waals surface area (Å²) in [6.45, 7) is 0.514. The van der Waals surface area contributed by atoms with Crippen LogP contribution in [0.5, 0.6) is 0 Å². The third-order valence-electron chi connectivity index (χ3n) is 1.17. The second kappa shape index (κ2) is 3.51. The van der Waals surface area contributed by atoms with Gasteiger partial charge in [0.15, 0.2) is 0 Å². The van der Waals surface area contributed by atoms with E-state index in [9.17, 15) is 0 Å². The molecule has 0 spiro atoms. The molecule has 0 aromatic heterocycles. The summed E-state index contributed by atoms with van der Waals surface area (Å²) < 4.78 is 2.02. The van der Waals surface area contributed by atoms with Crippen molar-refractivity contribution in [1.82, 2.24) is 0 Å². The Morgan fingerprint density at radius 1 is 1.50 bits per heavy atom. The monoisotopic (exact) mass is 262 g/mol. The Bertz CT molecular complexity index is 235. The predicted molar refractivity (Wildman–Crippen MR) is 48.6 cm³/mol. The molecule has 53 valence electrons. The lowest BCUT2D eigenvalue weighted by atomic mass is 10.2. The number of hydrogen-bond donors (Lipinski definition) is 1. The summed E-state index contributed by atoms with van der Waals surface area (Å²) in [5, 5.41) is 0. The van der Waals surface area contributed by atoms with Gasteiger partial charge in [-0.05, 0) is 49.6 Å². The van der Waals surface area contributed by atoms with Crippen LogP contribution >= 0.6 is 31.9 Å². The minimum absolute atomic E-state index is 0.514. The number of hydrogen-bond acceptors (Lipinski definition) is 1. The van der Waals surface area contributed by atoms with Gasteiger partial charge in [0.2, 0.25) is 0 Å². The van der Waals surface area contributed by atoms with Gasteiger partial charge < -0.3 is 5.73 Å². The van der Waals surface area contributed by atoms with E-state index in [0.29, 0.717) is 6.54 Å². The molecule has 1 aromatic carbocycles. The smallest absolute Gasteiger partial charge is 0.0368 e. The maximum atomic E-state index is 5.44. The summed E-state index contributed by atoms with van der Waals surface area (Å²) in [6, 6.07) is 6.79. The largest absolute Gasteiger partial charge is 0.326 e. The van der Waals surface area contributed by atoms with Crippen molar-refractivity contribution in [3.8, 4) is 0 Å². The van der Waals surface area contributed by atoms with E-state index in [2.05, 4.69) is 37.9 Å². The lowest BCUT2D eigenvalue weighted by molar-refractivity contribution is 1.05. The predicted octanol–water partition coefficient (Wildman–Crippen LogP) is 2.47. The lowest BCUT2D eigenvalue weighted by Gasteiger charge is -2.00. The molecule has 1 aromatic rings. The number of benzene rings is 1. The molecule has 0 heterocycles. The number of nitrogens with two attached hydrogens (primary N) is 1. The molecule has 0 unspecified atom stereocenters. The molecule has 0 atom stereocenters. The van der Waals surface area contributed by atoms with Crippen LogP contribution in [0.2, 0.25) is 0 Å². The van der Waals surface area contributed by atoms with E-state index in [-0.39, 0.29) is 0 Å². The molecule has 1 rings (SSSR count). The zero-order valence-electron chi connectivity index (χ0n) is 5.20. The first-order valence-corrected chi connectivity index (χ1v) is 4.39. The molecule has 0 saturated carbocycles. The van der Waals surface area contributed by atoms with Gasteiger partial charge in [0.25, 0.3) is 0 Å². The Balaban J connectivity index is 3.14. The highest BCUT2D eigenvalue weighted by Crippen LogP contribution is 2.25. The van der Waals surface area contributed by atoms with Crippen LogP contribution in [0.1, 0.15) is 5.56 Å². The normalized spacial score (nSPS) is 9.90. The van der Waals surface area contributed by atoms with Crippen LogP contribution in [0, 0.1) is 6.07 Å². The van der Waals surface area contributed by atoms with Crippen molar-refractivity contribution < 1.29 is 0 Å². The van der Waals surface area contributed by atoms with Gasteiger partial charge in [-0.1, -0.05) is 6.07 Å². The van der Waals surface area contributed by atoms with Crippen molar-refractivity contribution in [2.24, 2.45) is 5.73 Å². The van der Waals surface area contributed by atoms with E-state index in [1.165, 1.54) is 0 Å². The Kier molecular flexibility index (Phi) is 2.89. The first kappa shape index (κ1) is 8.24. The highest BCUT2D eigenvalue weighted by atomic mass is 79.9. The van der Waals surface area contributed by atoms with Gasteiger partial charge in [-0.15, -0.1) is 0 Å². The van der Waals surface area contributed by atoms with Crippen LogP contribution in [0.25, 0.3) is 0 Å². The zero-order chi connectivity index (χ0) is 7.56. The minimum atomic E-state index is 0.514. The lowest BCUT2D eigenvalue weighted by Crippen LogP contribution is -1.97. The van der Waals surface area contributed by atoms with Crippen molar-refractivity contribution >= 4 is 31.9 Å². The van der Waals surface area contributed by atoms with E-state index in [1.807, 2.05) is 12.1 Å². The highest BCUT2D eigenvalue weighted by Gasteiger charge is 1.99. The van der Waals surface area contributed by atoms with Crippen molar-refractivity contribution in [3.63, 3.8) is 0 Å². The third-order valence-corrected chi connectivity index (χ3v) is 3.26. The average Bonchev–Trinajstić information content (AvgIpc) is 1.95. The maximum absolute atomic E-state index is 5.44. The molecule has 0 saturated heterocycles. The molecule has 0 amide bonds. The standard InChI is InChI=1S/C7H6Br2N/c8-6-3-1-2-5(4-10)7(6)9/h1,3H,4,10H2. The highest BCUT2D eigenvalue weighted by molar-refractivity contribution is 9.13. The van der Waals surface area contributed by atoms with Crippen molar-refractivity contribution in [3.05, 3.63) is 32.7 Å². The van der Waals surface area contributed by atoms with Crippen molar-refractivity contribution in [1.29, 1.82) is 0 Å². The van der Waals surface area contributed by atoms with Crippen molar-refractivity contribution in [2.45, 2.75) is 6.54 Å². The Morgan fingerprint density at radius 3 is 2.70 bits per heavy atom. The topological polar surface area (TPSA) is 26.0 Å². The molecule has 0 fully saturated rings. The summed E-state index contributed by atoms with van der Waals surface area (Å²) in [7, 11) is 0. The van der Waals surface area contributed by atoms with Crippen molar-refractivity contribution in [2.75, 3.05) is 0 Å². The molecule has 3 heteroatoms. The maximum Gasteiger partial charge on any atom is 0.0368 e. The third kappa shape index (κ3) is 1.59. The van der Waals surface area contributed by atoms with E-state index in [1.54, 1.807) is 0 Å². The summed E-state index contributed by atoms with van der Waals surface area (Å²) in [5.74, 6) is 0. The fourth-order valence-corrected chi connectivity index (χ4v) is 1.42. The van der Waals surface area contributed by atoms with Crippen LogP contribution in [-0.4, -0.2) is 0 Å². The first-order chi connectivity index (χ1) is 4.75. The fourth-order valence-electron chi connectivity index (χ4n) is 0.645. The van der Waals surface area contributed by atoms with E-state index >= 15 is 0 Å². The Morgan fingerprint density at radius 2 is 2.20 bits per heavy atom. The van der Waals surface area contributed by atoms with Crippen LogP contribution in [0.4, 0.5) is 0 Å². The molecular formula is C7H6Br2N. The van der Waals surface area contributed by atoms with Gasteiger partial charge in [0.1, 0.15) is 0 Å². The summed E-state index contributed by atoms with van der Waals surface area (Å²) in [5.41, 5.74) is 6.43. The molecule has 0 aliphatic carbocycles. The Hall–Kier alpha value is 0.140. The fraction of sp³-hybridized carbons (Fsp3) is 0.143. The molecule has 0 aliphatic heterocycles. The van der Waals surface area contributed by atoms with Crippen LogP contribution < -0.4 is 5.73 Å². The first-order valence-electron chi connectivity index (χ1n) is 2.80. The molecule has 10 heavy (non-hydrogen) atoms. The molecule has 2 N–H and O–H groups in total. The van der Waals surface area contributed by atoms with E-state index < -0.39 is 0 Å². The number of halogens is 2. The van der Waals surface area contributed by atoms with Gasteiger partial charge >= 0.3 is 0 Å². The summed E-state index contributed by atoms with van der Waals surface area (Å²) in [6.07, 6.45) is 0. The molecular weight excluding hydrogens is 258 g/mol. The van der Waals surface area contributed by atoms with Gasteiger partial charge in [0.05, 0.1) is 0 Å². The molecule has 1 nitrogen and oxygen atoms in total. The van der Waals surface area contributed by atoms with Crippen LogP contribution in [-0.2, 0) is 6.54 Å². The molecule has 0 aliphatic rings.